The van der Waals surface area contributed by atoms with Crippen molar-refractivity contribution in [1.29, 1.82) is 5.26 Å². The summed E-state index contributed by atoms with van der Waals surface area (Å²) in [5, 5.41) is 20.0. The molecular weight excluding hydrogens is 322 g/mol. The van der Waals surface area contributed by atoms with E-state index in [0.29, 0.717) is 11.8 Å². The van der Waals surface area contributed by atoms with Crippen LogP contribution >= 0.6 is 0 Å². The molecule has 0 heterocycles. The van der Waals surface area contributed by atoms with Crippen LogP contribution in [0.3, 0.4) is 0 Å². The van der Waals surface area contributed by atoms with Gasteiger partial charge in [-0.1, -0.05) is 31.1 Å². The van der Waals surface area contributed by atoms with E-state index < -0.39 is 5.60 Å². The summed E-state index contributed by atoms with van der Waals surface area (Å²) in [6, 6.07) is 2.30. The molecule has 0 aromatic carbocycles. The molecule has 3 unspecified atom stereocenters. The van der Waals surface area contributed by atoms with Crippen molar-refractivity contribution in [1.82, 2.24) is 0 Å². The lowest BCUT2D eigenvalue weighted by Crippen LogP contribution is -2.55. The maximum atomic E-state index is 10.8. The third kappa shape index (κ3) is 2.38. The Kier molecular flexibility index (Phi) is 4.18. The summed E-state index contributed by atoms with van der Waals surface area (Å²) >= 11 is 0. The highest BCUT2D eigenvalue weighted by Crippen LogP contribution is 2.67. The predicted octanol–water partition coefficient (Wildman–Crippen LogP) is 4.78. The van der Waals surface area contributed by atoms with Crippen LogP contribution in [-0.2, 0) is 4.74 Å². The molecule has 4 rings (SSSR count). The largest absolute Gasteiger partial charge is 0.383 e. The molecule has 0 aromatic heterocycles. The Labute approximate surface area is 158 Å². The van der Waals surface area contributed by atoms with Crippen molar-refractivity contribution in [2.75, 3.05) is 7.11 Å². The van der Waals surface area contributed by atoms with Crippen LogP contribution in [0.5, 0.6) is 0 Å². The van der Waals surface area contributed by atoms with Crippen LogP contribution in [0.25, 0.3) is 0 Å². The van der Waals surface area contributed by atoms with E-state index in [1.165, 1.54) is 36.8 Å². The maximum Gasteiger partial charge on any atom is 0.106 e. The van der Waals surface area contributed by atoms with E-state index in [0.717, 1.165) is 25.2 Å². The molecule has 0 saturated heterocycles. The fourth-order valence-electron chi connectivity index (χ4n) is 7.37. The van der Waals surface area contributed by atoms with Gasteiger partial charge in [0.05, 0.1) is 12.2 Å². The predicted molar refractivity (Wildman–Crippen MR) is 102 cm³/mol. The average Bonchev–Trinajstić information content (AvgIpc) is 2.92. The van der Waals surface area contributed by atoms with Crippen LogP contribution in [-0.4, -0.2) is 23.9 Å². The molecule has 0 spiro atoms. The summed E-state index contributed by atoms with van der Waals surface area (Å²) < 4.78 is 5.72. The van der Waals surface area contributed by atoms with Crippen molar-refractivity contribution >= 4 is 0 Å². The molecule has 3 nitrogen and oxygen atoms in total. The highest BCUT2D eigenvalue weighted by molar-refractivity contribution is 5.32. The number of nitrogens with zero attached hydrogens (tertiary/aromatic N) is 1. The maximum absolute atomic E-state index is 10.8. The van der Waals surface area contributed by atoms with Crippen molar-refractivity contribution in [3.63, 3.8) is 0 Å². The van der Waals surface area contributed by atoms with Crippen molar-refractivity contribution in [2.45, 2.75) is 77.4 Å². The first-order chi connectivity index (χ1) is 12.3. The molecule has 3 heteroatoms. The fourth-order valence-corrected chi connectivity index (χ4v) is 7.37. The van der Waals surface area contributed by atoms with Gasteiger partial charge in [-0.2, -0.15) is 5.26 Å². The highest BCUT2D eigenvalue weighted by atomic mass is 16.5. The van der Waals surface area contributed by atoms with Crippen LogP contribution in [0.15, 0.2) is 23.3 Å². The van der Waals surface area contributed by atoms with Gasteiger partial charge in [-0.15, -0.1) is 0 Å². The quantitative estimate of drug-likeness (QED) is 0.544. The first-order valence-electron chi connectivity index (χ1n) is 10.3. The van der Waals surface area contributed by atoms with Gasteiger partial charge in [0.15, 0.2) is 0 Å². The monoisotopic (exact) mass is 355 g/mol. The normalized spacial score (nSPS) is 51.8. The minimum absolute atomic E-state index is 0.124. The summed E-state index contributed by atoms with van der Waals surface area (Å²) in [5.41, 5.74) is 2.39. The molecule has 7 atom stereocenters. The molecule has 3 fully saturated rings. The Morgan fingerprint density at radius 1 is 1.15 bits per heavy atom. The van der Waals surface area contributed by atoms with E-state index in [1.807, 2.05) is 13.0 Å². The van der Waals surface area contributed by atoms with Crippen molar-refractivity contribution < 1.29 is 9.84 Å². The summed E-state index contributed by atoms with van der Waals surface area (Å²) in [7, 11) is 1.73. The van der Waals surface area contributed by atoms with Gasteiger partial charge in [0.25, 0.3) is 0 Å². The number of methoxy groups -OCH3 is 1. The van der Waals surface area contributed by atoms with E-state index >= 15 is 0 Å². The number of allylic oxidation sites excluding steroid dienone is 3. The van der Waals surface area contributed by atoms with Crippen LogP contribution < -0.4 is 0 Å². The lowest BCUT2D eigenvalue weighted by atomic mass is 9.46. The summed E-state index contributed by atoms with van der Waals surface area (Å²) in [6.07, 6.45) is 11.9. The molecule has 0 amide bonds. The lowest BCUT2D eigenvalue weighted by Gasteiger charge is -2.59. The van der Waals surface area contributed by atoms with Crippen molar-refractivity contribution in [3.8, 4) is 6.07 Å². The van der Waals surface area contributed by atoms with E-state index in [4.69, 9.17) is 4.74 Å². The molecule has 4 aliphatic carbocycles. The zero-order valence-corrected chi connectivity index (χ0v) is 16.7. The highest BCUT2D eigenvalue weighted by Gasteiger charge is 2.59. The Morgan fingerprint density at radius 2 is 1.88 bits per heavy atom. The summed E-state index contributed by atoms with van der Waals surface area (Å²) in [4.78, 5) is 0. The molecule has 0 radical (unpaired) electrons. The Morgan fingerprint density at radius 3 is 2.58 bits per heavy atom. The fraction of sp³-hybridized carbons (Fsp3) is 0.783. The third-order valence-electron chi connectivity index (χ3n) is 8.83. The van der Waals surface area contributed by atoms with Gasteiger partial charge >= 0.3 is 0 Å². The summed E-state index contributed by atoms with van der Waals surface area (Å²) in [5.74, 6) is 2.12. The second-order valence-electron chi connectivity index (χ2n) is 9.95. The van der Waals surface area contributed by atoms with Gasteiger partial charge in [-0.3, -0.25) is 0 Å². The Balaban J connectivity index is 1.69. The standard InChI is InChI=1S/C23H33NO2/c1-21-11-9-19-17(18(21)8-6-15(21)10-12-24)7-5-16-13-23(3,25)20(26-4)14-22(16,19)2/h10,13,17-20,25H,5-9,11,14H2,1-4H3/b15-10-/t17?,18-,19-,20-,21?,22?,23-/m0/s1. The van der Waals surface area contributed by atoms with Gasteiger partial charge in [-0.25, -0.2) is 0 Å². The Bertz CT molecular complexity index is 699. The molecule has 142 valence electrons. The van der Waals surface area contributed by atoms with E-state index in [1.54, 1.807) is 7.11 Å². The number of hydrogen-bond acceptors (Lipinski definition) is 3. The summed E-state index contributed by atoms with van der Waals surface area (Å²) in [6.45, 7) is 6.75. The SMILES string of the molecule is CO[C@H]1CC2(C)C(=C[C@]1(C)O)CCC1[C@@H]2CCC2(C)/C(=C\C#N)CC[C@@H]12. The first-order valence-corrected chi connectivity index (χ1v) is 10.3. The van der Waals surface area contributed by atoms with Crippen molar-refractivity contribution in [3.05, 3.63) is 23.3 Å². The van der Waals surface area contributed by atoms with Gasteiger partial charge in [-0.05, 0) is 80.5 Å². The molecule has 4 aliphatic rings. The number of hydrogen-bond donors (Lipinski definition) is 1. The lowest BCUT2D eigenvalue weighted by molar-refractivity contribution is -0.109. The third-order valence-corrected chi connectivity index (χ3v) is 8.83. The van der Waals surface area contributed by atoms with Crippen LogP contribution in [0.4, 0.5) is 0 Å². The molecule has 26 heavy (non-hydrogen) atoms. The number of rotatable bonds is 1. The molecule has 3 saturated carbocycles. The average molecular weight is 356 g/mol. The number of nitriles is 1. The van der Waals surface area contributed by atoms with Gasteiger partial charge in [0.2, 0.25) is 0 Å². The zero-order valence-electron chi connectivity index (χ0n) is 16.7. The topological polar surface area (TPSA) is 53.2 Å². The van der Waals surface area contributed by atoms with E-state index in [-0.39, 0.29) is 16.9 Å². The first kappa shape index (κ1) is 18.3. The smallest absolute Gasteiger partial charge is 0.106 e. The van der Waals surface area contributed by atoms with Gasteiger partial charge in [0.1, 0.15) is 5.60 Å². The molecule has 0 bridgehead atoms. The minimum Gasteiger partial charge on any atom is -0.383 e. The number of fused-ring (bicyclic) bond motifs is 5. The van der Waals surface area contributed by atoms with Crippen LogP contribution in [0, 0.1) is 39.9 Å². The molecule has 0 aromatic rings. The minimum atomic E-state index is -0.852. The van der Waals surface area contributed by atoms with Crippen LogP contribution in [0.2, 0.25) is 0 Å². The zero-order chi connectivity index (χ0) is 18.7. The second kappa shape index (κ2) is 5.94. The Hall–Kier alpha value is -1.11. The van der Waals surface area contributed by atoms with Crippen molar-refractivity contribution in [2.24, 2.45) is 28.6 Å². The number of aliphatic hydroxyl groups is 1. The van der Waals surface area contributed by atoms with E-state index in [9.17, 15) is 10.4 Å². The molecular formula is C23H33NO2. The van der Waals surface area contributed by atoms with E-state index in [2.05, 4.69) is 26.0 Å². The van der Waals surface area contributed by atoms with Gasteiger partial charge < -0.3 is 9.84 Å². The van der Waals surface area contributed by atoms with Gasteiger partial charge in [0, 0.05) is 13.2 Å². The van der Waals surface area contributed by atoms with Crippen LogP contribution in [0.1, 0.15) is 65.7 Å². The number of ether oxygens (including phenoxy) is 1. The molecule has 0 aliphatic heterocycles. The second-order valence-corrected chi connectivity index (χ2v) is 9.95. The molecule has 1 N–H and O–H groups in total.